The van der Waals surface area contributed by atoms with Crippen LogP contribution >= 0.6 is 11.8 Å². The van der Waals surface area contributed by atoms with Crippen molar-refractivity contribution in [2.75, 3.05) is 38.1 Å². The third kappa shape index (κ3) is 3.53. The van der Waals surface area contributed by atoms with Gasteiger partial charge in [0.25, 0.3) is 0 Å². The van der Waals surface area contributed by atoms with E-state index < -0.39 is 0 Å². The van der Waals surface area contributed by atoms with E-state index in [0.717, 1.165) is 10.6 Å². The van der Waals surface area contributed by atoms with Crippen molar-refractivity contribution in [2.24, 2.45) is 0 Å². The zero-order valence-electron chi connectivity index (χ0n) is 15.2. The second-order valence-electron chi connectivity index (χ2n) is 5.85. The highest BCUT2D eigenvalue weighted by Crippen LogP contribution is 2.41. The van der Waals surface area contributed by atoms with Crippen LogP contribution < -0.4 is 24.4 Å². The third-order valence-electron chi connectivity index (χ3n) is 4.09. The molecule has 2 aromatic rings. The number of methoxy groups -OCH3 is 3. The maximum atomic E-state index is 12.9. The Morgan fingerprint density at radius 1 is 1.12 bits per heavy atom. The molecular weight excluding hydrogens is 352 g/mol. The number of ether oxygens (including phenoxy) is 3. The van der Waals surface area contributed by atoms with E-state index in [1.807, 2.05) is 24.3 Å². The van der Waals surface area contributed by atoms with E-state index >= 15 is 0 Å². The van der Waals surface area contributed by atoms with Crippen molar-refractivity contribution in [2.45, 2.75) is 17.1 Å². The van der Waals surface area contributed by atoms with E-state index in [1.54, 1.807) is 50.1 Å². The minimum atomic E-state index is -0.195. The second kappa shape index (κ2) is 7.78. The van der Waals surface area contributed by atoms with Gasteiger partial charge in [-0.3, -0.25) is 4.90 Å². The Hall–Kier alpha value is -2.54. The molecule has 0 unspecified atom stereocenters. The Labute approximate surface area is 157 Å². The van der Waals surface area contributed by atoms with Crippen LogP contribution in [0.2, 0.25) is 0 Å². The number of benzene rings is 2. The Bertz CT molecular complexity index is 787. The Kier molecular flexibility index (Phi) is 5.46. The summed E-state index contributed by atoms with van der Waals surface area (Å²) in [6.07, 6.45) is 0. The van der Waals surface area contributed by atoms with Crippen molar-refractivity contribution in [1.29, 1.82) is 0 Å². The number of fused-ring (bicyclic) bond motifs is 1. The number of carbonyl (C=O) groups is 1. The Morgan fingerprint density at radius 2 is 1.77 bits per heavy atom. The molecule has 1 aliphatic rings. The molecule has 138 valence electrons. The molecule has 6 nitrogen and oxygen atoms in total. The van der Waals surface area contributed by atoms with Gasteiger partial charge < -0.3 is 19.5 Å². The molecule has 0 aromatic heterocycles. The van der Waals surface area contributed by atoms with Gasteiger partial charge in [-0.25, -0.2) is 4.79 Å². The van der Waals surface area contributed by atoms with E-state index in [4.69, 9.17) is 14.2 Å². The summed E-state index contributed by atoms with van der Waals surface area (Å²) in [5.74, 6) is 1.47. The number of hydrogen-bond acceptors (Lipinski definition) is 5. The largest absolute Gasteiger partial charge is 0.493 e. The van der Waals surface area contributed by atoms with Crippen LogP contribution in [0.5, 0.6) is 17.2 Å². The molecule has 1 heterocycles. The fourth-order valence-corrected chi connectivity index (χ4v) is 4.04. The first-order valence-electron chi connectivity index (χ1n) is 8.21. The topological polar surface area (TPSA) is 60.0 Å². The molecule has 0 radical (unpaired) electrons. The van der Waals surface area contributed by atoms with E-state index in [1.165, 1.54) is 0 Å². The molecule has 7 heteroatoms. The fraction of sp³-hybridized carbons (Fsp3) is 0.316. The molecule has 2 amide bonds. The van der Waals surface area contributed by atoms with Crippen LogP contribution in [0.3, 0.4) is 0 Å². The van der Waals surface area contributed by atoms with E-state index in [2.05, 4.69) is 12.2 Å². The number of thioether (sulfide) groups is 1. The zero-order valence-corrected chi connectivity index (χ0v) is 16.1. The van der Waals surface area contributed by atoms with Crippen LogP contribution in [-0.2, 0) is 0 Å². The number of nitrogens with zero attached hydrogens (tertiary/aromatic N) is 1. The predicted octanol–water partition coefficient (Wildman–Crippen LogP) is 4.25. The van der Waals surface area contributed by atoms with Gasteiger partial charge in [0.05, 0.1) is 32.7 Å². The maximum absolute atomic E-state index is 12.9. The molecule has 26 heavy (non-hydrogen) atoms. The lowest BCUT2D eigenvalue weighted by molar-refractivity contribution is 0.256. The second-order valence-corrected chi connectivity index (χ2v) is 7.33. The van der Waals surface area contributed by atoms with Crippen molar-refractivity contribution in [3.8, 4) is 17.2 Å². The van der Waals surface area contributed by atoms with Crippen LogP contribution in [0, 0.1) is 0 Å². The number of hydrogen-bond donors (Lipinski definition) is 1. The maximum Gasteiger partial charge on any atom is 0.326 e. The lowest BCUT2D eigenvalue weighted by Gasteiger charge is -2.32. The summed E-state index contributed by atoms with van der Waals surface area (Å²) in [7, 11) is 4.63. The number of carbonyl (C=O) groups excluding carboxylic acids is 1. The van der Waals surface area contributed by atoms with Crippen LogP contribution in [0.4, 0.5) is 16.2 Å². The van der Waals surface area contributed by atoms with E-state index in [9.17, 15) is 4.79 Å². The molecule has 0 bridgehead atoms. The number of para-hydroxylation sites is 1. The number of urea groups is 1. The van der Waals surface area contributed by atoms with Gasteiger partial charge in [-0.2, -0.15) is 0 Å². The fourth-order valence-electron chi connectivity index (χ4n) is 2.93. The monoisotopic (exact) mass is 374 g/mol. The van der Waals surface area contributed by atoms with E-state index in [0.29, 0.717) is 34.7 Å². The third-order valence-corrected chi connectivity index (χ3v) is 5.24. The summed E-state index contributed by atoms with van der Waals surface area (Å²) < 4.78 is 16.0. The van der Waals surface area contributed by atoms with Gasteiger partial charge in [0, 0.05) is 28.8 Å². The van der Waals surface area contributed by atoms with Gasteiger partial charge in [-0.05, 0) is 12.1 Å². The van der Waals surface area contributed by atoms with Gasteiger partial charge in [-0.15, -0.1) is 11.8 Å². The summed E-state index contributed by atoms with van der Waals surface area (Å²) in [4.78, 5) is 15.8. The molecule has 0 saturated heterocycles. The van der Waals surface area contributed by atoms with Gasteiger partial charge >= 0.3 is 6.03 Å². The van der Waals surface area contributed by atoms with Crippen LogP contribution in [-0.4, -0.2) is 39.2 Å². The van der Waals surface area contributed by atoms with Crippen molar-refractivity contribution < 1.29 is 19.0 Å². The highest BCUT2D eigenvalue weighted by atomic mass is 32.2. The van der Waals surface area contributed by atoms with Crippen LogP contribution in [0.1, 0.15) is 6.92 Å². The number of nitrogens with one attached hydrogen (secondary N) is 1. The zero-order chi connectivity index (χ0) is 18.7. The average Bonchev–Trinajstić information content (AvgIpc) is 2.66. The van der Waals surface area contributed by atoms with Crippen molar-refractivity contribution in [1.82, 2.24) is 0 Å². The molecule has 1 N–H and O–H groups in total. The standard InChI is InChI=1S/C19H22N2O4S/c1-12-11-21(14-7-5-6-8-17(14)26-12)19(22)20-13-9-15(23-2)18(25-4)16(10-13)24-3/h5-10,12H,11H2,1-4H3,(H,20,22)/t12-/m0/s1. The first-order chi connectivity index (χ1) is 12.6. The average molecular weight is 374 g/mol. The lowest BCUT2D eigenvalue weighted by atomic mass is 10.2. The minimum absolute atomic E-state index is 0.195. The molecular formula is C19H22N2O4S. The molecule has 0 fully saturated rings. The summed E-state index contributed by atoms with van der Waals surface area (Å²) in [6.45, 7) is 2.75. The van der Waals surface area contributed by atoms with Crippen molar-refractivity contribution in [3.05, 3.63) is 36.4 Å². The highest BCUT2D eigenvalue weighted by molar-refractivity contribution is 8.00. The molecule has 1 atom stereocenters. The minimum Gasteiger partial charge on any atom is -0.493 e. The molecule has 0 spiro atoms. The summed E-state index contributed by atoms with van der Waals surface area (Å²) in [5.41, 5.74) is 1.49. The highest BCUT2D eigenvalue weighted by Gasteiger charge is 2.27. The Morgan fingerprint density at radius 3 is 2.38 bits per heavy atom. The predicted molar refractivity (Wildman–Crippen MR) is 104 cm³/mol. The molecule has 0 aliphatic carbocycles. The van der Waals surface area contributed by atoms with Crippen molar-refractivity contribution >= 4 is 29.2 Å². The number of amides is 2. The SMILES string of the molecule is COc1cc(NC(=O)N2C[C@H](C)Sc3ccccc32)cc(OC)c1OC. The first-order valence-corrected chi connectivity index (χ1v) is 9.09. The number of rotatable bonds is 4. The Balaban J connectivity index is 1.89. The van der Waals surface area contributed by atoms with Crippen LogP contribution in [0.25, 0.3) is 0 Å². The van der Waals surface area contributed by atoms with E-state index in [-0.39, 0.29) is 6.03 Å². The normalized spacial score (nSPS) is 15.8. The lowest BCUT2D eigenvalue weighted by Crippen LogP contribution is -2.41. The number of anilines is 2. The van der Waals surface area contributed by atoms with Gasteiger partial charge in [-0.1, -0.05) is 19.1 Å². The first kappa shape index (κ1) is 18.3. The quantitative estimate of drug-likeness (QED) is 0.867. The van der Waals surface area contributed by atoms with Gasteiger partial charge in [0.15, 0.2) is 11.5 Å². The summed E-state index contributed by atoms with van der Waals surface area (Å²) in [6, 6.07) is 11.2. The molecule has 1 aliphatic heterocycles. The smallest absolute Gasteiger partial charge is 0.326 e. The summed E-state index contributed by atoms with van der Waals surface area (Å²) in [5, 5.41) is 3.25. The van der Waals surface area contributed by atoms with Gasteiger partial charge in [0.2, 0.25) is 5.75 Å². The molecule has 3 rings (SSSR count). The molecule has 2 aromatic carbocycles. The summed E-state index contributed by atoms with van der Waals surface area (Å²) >= 11 is 1.78. The van der Waals surface area contributed by atoms with Gasteiger partial charge in [0.1, 0.15) is 0 Å². The molecule has 0 saturated carbocycles. The van der Waals surface area contributed by atoms with Crippen LogP contribution in [0.15, 0.2) is 41.3 Å². The van der Waals surface area contributed by atoms with Crippen molar-refractivity contribution in [3.63, 3.8) is 0 Å².